The van der Waals surface area contributed by atoms with Crippen LogP contribution >= 0.6 is 0 Å². The van der Waals surface area contributed by atoms with E-state index in [1.165, 1.54) is 0 Å². The van der Waals surface area contributed by atoms with Crippen molar-refractivity contribution in [1.29, 1.82) is 5.26 Å². The molecule has 114 valence electrons. The number of ether oxygens (including phenoxy) is 1. The lowest BCUT2D eigenvalue weighted by Crippen LogP contribution is -2.29. The molecule has 1 amide bonds. The first kappa shape index (κ1) is 16.9. The minimum absolute atomic E-state index is 0.174. The van der Waals surface area contributed by atoms with Crippen LogP contribution in [0.4, 0.5) is 8.78 Å². The summed E-state index contributed by atoms with van der Waals surface area (Å²) in [5, 5.41) is 10.5. The van der Waals surface area contributed by atoms with Crippen LogP contribution in [0.1, 0.15) is 18.9 Å². The van der Waals surface area contributed by atoms with E-state index < -0.39 is 29.9 Å². The van der Waals surface area contributed by atoms with E-state index in [1.54, 1.807) is 6.07 Å². The fourth-order valence-electron chi connectivity index (χ4n) is 1.64. The van der Waals surface area contributed by atoms with Gasteiger partial charge in [-0.05, 0) is 30.5 Å². The maximum absolute atomic E-state index is 13.8. The molecule has 0 saturated heterocycles. The minimum Gasteiger partial charge on any atom is -0.478 e. The molecule has 21 heavy (non-hydrogen) atoms. The Labute approximate surface area is 121 Å². The third kappa shape index (κ3) is 5.36. The third-order valence-electron chi connectivity index (χ3n) is 2.79. The average molecular weight is 297 g/mol. The molecule has 5 nitrogen and oxygen atoms in total. The minimum atomic E-state index is -0.888. The molecule has 0 spiro atoms. The van der Waals surface area contributed by atoms with Crippen LogP contribution in [0.25, 0.3) is 0 Å². The number of nitrogens with two attached hydrogens (primary N) is 1. The van der Waals surface area contributed by atoms with Crippen LogP contribution in [-0.4, -0.2) is 25.1 Å². The molecule has 0 aromatic heterocycles. The summed E-state index contributed by atoms with van der Waals surface area (Å²) in [7, 11) is 0. The summed E-state index contributed by atoms with van der Waals surface area (Å²) in [5.41, 5.74) is 6.16. The van der Waals surface area contributed by atoms with Gasteiger partial charge in [-0.15, -0.1) is 0 Å². The maximum atomic E-state index is 13.8. The largest absolute Gasteiger partial charge is 0.478 e. The molecular formula is C14H17F2N3O2. The van der Waals surface area contributed by atoms with Crippen LogP contribution in [0.2, 0.25) is 0 Å². The molecule has 0 aliphatic carbocycles. The molecule has 0 heterocycles. The molecule has 0 aliphatic rings. The van der Waals surface area contributed by atoms with Crippen molar-refractivity contribution in [2.45, 2.75) is 25.8 Å². The molecule has 1 atom stereocenters. The van der Waals surface area contributed by atoms with Gasteiger partial charge in [0.05, 0.1) is 6.07 Å². The average Bonchev–Trinajstić information content (AvgIpc) is 2.43. The second-order valence-corrected chi connectivity index (χ2v) is 4.48. The van der Waals surface area contributed by atoms with E-state index in [9.17, 15) is 13.6 Å². The zero-order valence-corrected chi connectivity index (χ0v) is 11.7. The van der Waals surface area contributed by atoms with E-state index in [1.807, 2.05) is 6.92 Å². The maximum Gasteiger partial charge on any atom is 0.258 e. The molecule has 1 aromatic carbocycles. The van der Waals surface area contributed by atoms with Gasteiger partial charge in [0.2, 0.25) is 0 Å². The Morgan fingerprint density at radius 2 is 2.10 bits per heavy atom. The normalized spacial score (nSPS) is 11.6. The number of carbonyl (C=O) groups excluding carboxylic acids is 1. The molecule has 7 heteroatoms. The van der Waals surface area contributed by atoms with Gasteiger partial charge in [0.15, 0.2) is 24.0 Å². The molecule has 0 aliphatic heterocycles. The fraction of sp³-hybridized carbons (Fsp3) is 0.429. The van der Waals surface area contributed by atoms with E-state index in [-0.39, 0.29) is 12.6 Å². The standard InChI is InChI=1S/C14H17F2N3O2/c1-2-10(18)5-9-6-11(15)14(12(16)7-9)21-8-13(20)19-4-3-17/h6-7,10H,2,4-5,8,18H2,1H3,(H,19,20). The highest BCUT2D eigenvalue weighted by Crippen LogP contribution is 2.24. The molecule has 3 N–H and O–H groups in total. The Morgan fingerprint density at radius 1 is 1.48 bits per heavy atom. The lowest BCUT2D eigenvalue weighted by Gasteiger charge is -2.12. The lowest BCUT2D eigenvalue weighted by atomic mass is 10.0. The lowest BCUT2D eigenvalue weighted by molar-refractivity contribution is -0.122. The van der Waals surface area contributed by atoms with Crippen molar-refractivity contribution in [3.8, 4) is 11.8 Å². The zero-order valence-electron chi connectivity index (χ0n) is 11.7. The smallest absolute Gasteiger partial charge is 0.258 e. The Hall–Kier alpha value is -2.20. The number of carbonyl (C=O) groups is 1. The van der Waals surface area contributed by atoms with Gasteiger partial charge in [-0.25, -0.2) is 8.78 Å². The highest BCUT2D eigenvalue weighted by molar-refractivity contribution is 5.77. The van der Waals surface area contributed by atoms with Gasteiger partial charge in [0.25, 0.3) is 5.91 Å². The van der Waals surface area contributed by atoms with Crippen LogP contribution in [0.15, 0.2) is 12.1 Å². The number of nitrogens with zero attached hydrogens (tertiary/aromatic N) is 1. The molecule has 0 saturated carbocycles. The SMILES string of the molecule is CCC(N)Cc1cc(F)c(OCC(=O)NCC#N)c(F)c1. The molecular weight excluding hydrogens is 280 g/mol. The number of amides is 1. The molecule has 0 radical (unpaired) electrons. The van der Waals surface area contributed by atoms with Gasteiger partial charge < -0.3 is 15.8 Å². The number of nitrogens with one attached hydrogen (secondary N) is 1. The number of hydrogen-bond acceptors (Lipinski definition) is 4. The Kier molecular flexibility index (Phi) is 6.56. The summed E-state index contributed by atoms with van der Waals surface area (Å²) in [6.07, 6.45) is 1.05. The summed E-state index contributed by atoms with van der Waals surface area (Å²) >= 11 is 0. The van der Waals surface area contributed by atoms with Gasteiger partial charge in [-0.3, -0.25) is 4.79 Å². The Balaban J connectivity index is 2.72. The van der Waals surface area contributed by atoms with Crippen molar-refractivity contribution >= 4 is 5.91 Å². The van der Waals surface area contributed by atoms with Crippen LogP contribution in [0.5, 0.6) is 5.75 Å². The zero-order chi connectivity index (χ0) is 15.8. The Morgan fingerprint density at radius 3 is 2.62 bits per heavy atom. The summed E-state index contributed by atoms with van der Waals surface area (Å²) in [6.45, 7) is 1.12. The first-order chi connectivity index (χ1) is 9.97. The number of rotatable bonds is 7. The topological polar surface area (TPSA) is 88.1 Å². The number of benzene rings is 1. The van der Waals surface area contributed by atoms with Crippen molar-refractivity contribution in [2.24, 2.45) is 5.73 Å². The quantitative estimate of drug-likeness (QED) is 0.742. The van der Waals surface area contributed by atoms with Crippen molar-refractivity contribution in [2.75, 3.05) is 13.2 Å². The van der Waals surface area contributed by atoms with Crippen LogP contribution in [0, 0.1) is 23.0 Å². The van der Waals surface area contributed by atoms with Gasteiger partial charge in [-0.2, -0.15) is 5.26 Å². The summed E-state index contributed by atoms with van der Waals surface area (Å²) in [4.78, 5) is 11.2. The van der Waals surface area contributed by atoms with Crippen LogP contribution in [-0.2, 0) is 11.2 Å². The van der Waals surface area contributed by atoms with E-state index in [0.717, 1.165) is 12.1 Å². The second-order valence-electron chi connectivity index (χ2n) is 4.48. The van der Waals surface area contributed by atoms with Gasteiger partial charge in [0.1, 0.15) is 6.54 Å². The van der Waals surface area contributed by atoms with E-state index in [4.69, 9.17) is 15.7 Å². The molecule has 1 unspecified atom stereocenters. The predicted molar refractivity (Wildman–Crippen MR) is 72.4 cm³/mol. The number of hydrogen-bond donors (Lipinski definition) is 2. The molecule has 1 aromatic rings. The third-order valence-corrected chi connectivity index (χ3v) is 2.79. The number of nitriles is 1. The fourth-order valence-corrected chi connectivity index (χ4v) is 1.64. The highest BCUT2D eigenvalue weighted by atomic mass is 19.1. The first-order valence-corrected chi connectivity index (χ1v) is 6.47. The second kappa shape index (κ2) is 8.17. The van der Waals surface area contributed by atoms with Crippen molar-refractivity contribution < 1.29 is 18.3 Å². The predicted octanol–water partition coefficient (Wildman–Crippen LogP) is 1.26. The summed E-state index contributed by atoms with van der Waals surface area (Å²) in [5.74, 6) is -3.02. The molecule has 1 rings (SSSR count). The molecule has 0 bridgehead atoms. The summed E-state index contributed by atoms with van der Waals surface area (Å²) < 4.78 is 32.4. The van der Waals surface area contributed by atoms with Gasteiger partial charge >= 0.3 is 0 Å². The highest BCUT2D eigenvalue weighted by Gasteiger charge is 2.15. The van der Waals surface area contributed by atoms with E-state index in [2.05, 4.69) is 5.32 Å². The first-order valence-electron chi connectivity index (χ1n) is 6.47. The van der Waals surface area contributed by atoms with Crippen LogP contribution in [0.3, 0.4) is 0 Å². The summed E-state index contributed by atoms with van der Waals surface area (Å²) in [6, 6.07) is 3.81. The van der Waals surface area contributed by atoms with Crippen molar-refractivity contribution in [3.05, 3.63) is 29.3 Å². The number of halogens is 2. The Bertz CT molecular complexity index is 521. The van der Waals surface area contributed by atoms with Crippen LogP contribution < -0.4 is 15.8 Å². The van der Waals surface area contributed by atoms with Crippen molar-refractivity contribution in [3.63, 3.8) is 0 Å². The van der Waals surface area contributed by atoms with Crippen molar-refractivity contribution in [1.82, 2.24) is 5.32 Å². The monoisotopic (exact) mass is 297 g/mol. The van der Waals surface area contributed by atoms with E-state index >= 15 is 0 Å². The molecule has 0 fully saturated rings. The van der Waals surface area contributed by atoms with Gasteiger partial charge in [0, 0.05) is 6.04 Å². The van der Waals surface area contributed by atoms with E-state index in [0.29, 0.717) is 18.4 Å². The van der Waals surface area contributed by atoms with Gasteiger partial charge in [-0.1, -0.05) is 6.92 Å².